The number of nitrogens with one attached hydrogen (secondary N) is 1. The fourth-order valence-electron chi connectivity index (χ4n) is 2.14. The highest BCUT2D eigenvalue weighted by molar-refractivity contribution is 6.35. The first-order valence-corrected chi connectivity index (χ1v) is 7.97. The molecular formula is C18H14Cl2N2O4. The molecule has 0 spiro atoms. The third-order valence-corrected chi connectivity index (χ3v) is 3.74. The topological polar surface area (TPSA) is 91.6 Å². The van der Waals surface area contributed by atoms with E-state index in [-0.39, 0.29) is 22.8 Å². The lowest BCUT2D eigenvalue weighted by Crippen LogP contribution is -2.13. The second-order valence-corrected chi connectivity index (χ2v) is 5.93. The first-order valence-electron chi connectivity index (χ1n) is 7.22. The summed E-state index contributed by atoms with van der Waals surface area (Å²) in [6.45, 7) is 0. The van der Waals surface area contributed by atoms with Crippen LogP contribution in [-0.4, -0.2) is 25.2 Å². The number of phenolic OH excluding ortho intramolecular Hbond substituents is 1. The summed E-state index contributed by atoms with van der Waals surface area (Å²) in [5.74, 6) is -0.523. The van der Waals surface area contributed by atoms with Gasteiger partial charge in [-0.1, -0.05) is 23.2 Å². The van der Waals surface area contributed by atoms with Crippen molar-refractivity contribution in [2.24, 2.45) is 0 Å². The van der Waals surface area contributed by atoms with E-state index in [2.05, 4.69) is 5.32 Å². The highest BCUT2D eigenvalue weighted by atomic mass is 35.5. The number of halogens is 2. The van der Waals surface area contributed by atoms with Gasteiger partial charge in [-0.2, -0.15) is 5.26 Å². The van der Waals surface area contributed by atoms with Gasteiger partial charge in [0.2, 0.25) is 5.75 Å². The van der Waals surface area contributed by atoms with Gasteiger partial charge >= 0.3 is 0 Å². The van der Waals surface area contributed by atoms with Crippen LogP contribution in [0.4, 0.5) is 5.69 Å². The van der Waals surface area contributed by atoms with E-state index in [0.717, 1.165) is 0 Å². The monoisotopic (exact) mass is 392 g/mol. The first kappa shape index (κ1) is 19.4. The highest BCUT2D eigenvalue weighted by Crippen LogP contribution is 2.37. The maximum atomic E-state index is 12.3. The first-order chi connectivity index (χ1) is 12.4. The molecule has 0 aliphatic heterocycles. The molecule has 0 atom stereocenters. The Morgan fingerprint density at radius 3 is 2.12 bits per heavy atom. The average Bonchev–Trinajstić information content (AvgIpc) is 2.59. The molecule has 0 aromatic heterocycles. The summed E-state index contributed by atoms with van der Waals surface area (Å²) in [6, 6.07) is 9.31. The predicted molar refractivity (Wildman–Crippen MR) is 99.9 cm³/mol. The highest BCUT2D eigenvalue weighted by Gasteiger charge is 2.14. The zero-order valence-electron chi connectivity index (χ0n) is 13.8. The van der Waals surface area contributed by atoms with Gasteiger partial charge in [-0.25, -0.2) is 0 Å². The van der Waals surface area contributed by atoms with Gasteiger partial charge in [0.15, 0.2) is 11.5 Å². The van der Waals surface area contributed by atoms with E-state index in [1.54, 1.807) is 0 Å². The van der Waals surface area contributed by atoms with Crippen LogP contribution in [0.3, 0.4) is 0 Å². The number of nitrogens with zero attached hydrogens (tertiary/aromatic N) is 1. The molecule has 0 radical (unpaired) electrons. The molecule has 0 aliphatic rings. The SMILES string of the molecule is COc1cc(/C=C(\C#N)C(=O)Nc2cc(Cl)cc(Cl)c2)cc(OC)c1O. The average molecular weight is 393 g/mol. The second kappa shape index (κ2) is 8.48. The van der Waals surface area contributed by atoms with Crippen molar-refractivity contribution in [1.82, 2.24) is 0 Å². The van der Waals surface area contributed by atoms with Gasteiger partial charge in [0, 0.05) is 15.7 Å². The molecule has 8 heteroatoms. The number of anilines is 1. The molecule has 2 N–H and O–H groups in total. The molecular weight excluding hydrogens is 379 g/mol. The summed E-state index contributed by atoms with van der Waals surface area (Å²) in [4.78, 5) is 12.3. The van der Waals surface area contributed by atoms with Crippen LogP contribution in [0.15, 0.2) is 35.9 Å². The van der Waals surface area contributed by atoms with Crippen molar-refractivity contribution in [1.29, 1.82) is 5.26 Å². The quantitative estimate of drug-likeness (QED) is 0.585. The molecule has 2 aromatic carbocycles. The number of ether oxygens (including phenoxy) is 2. The zero-order chi connectivity index (χ0) is 19.3. The minimum absolute atomic E-state index is 0.148. The van der Waals surface area contributed by atoms with E-state index >= 15 is 0 Å². The number of carbonyl (C=O) groups is 1. The number of carbonyl (C=O) groups excluding carboxylic acids is 1. The standard InChI is InChI=1S/C18H14Cl2N2O4/c1-25-15-4-10(5-16(26-2)17(15)23)3-11(9-21)18(24)22-14-7-12(19)6-13(20)8-14/h3-8,23H,1-2H3,(H,22,24)/b11-3+. The summed E-state index contributed by atoms with van der Waals surface area (Å²) in [7, 11) is 2.76. The number of hydrogen-bond donors (Lipinski definition) is 2. The Labute approximate surface area is 160 Å². The molecule has 134 valence electrons. The molecule has 0 bridgehead atoms. The number of benzene rings is 2. The largest absolute Gasteiger partial charge is 0.502 e. The number of nitriles is 1. The summed E-state index contributed by atoms with van der Waals surface area (Å²) in [5, 5.41) is 22.5. The number of phenols is 1. The van der Waals surface area contributed by atoms with Crippen molar-refractivity contribution in [3.8, 4) is 23.3 Å². The van der Waals surface area contributed by atoms with Crippen molar-refractivity contribution in [2.45, 2.75) is 0 Å². The fraction of sp³-hybridized carbons (Fsp3) is 0.111. The Bertz CT molecular complexity index is 875. The lowest BCUT2D eigenvalue weighted by Gasteiger charge is -2.10. The third kappa shape index (κ3) is 4.60. The molecule has 0 fully saturated rings. The molecule has 2 rings (SSSR count). The van der Waals surface area contributed by atoms with Gasteiger partial charge in [-0.3, -0.25) is 4.79 Å². The molecule has 6 nitrogen and oxygen atoms in total. The Kier molecular flexibility index (Phi) is 6.34. The maximum absolute atomic E-state index is 12.3. The van der Waals surface area contributed by atoms with Crippen LogP contribution in [0.1, 0.15) is 5.56 Å². The van der Waals surface area contributed by atoms with E-state index in [1.165, 1.54) is 50.6 Å². The van der Waals surface area contributed by atoms with Crippen LogP contribution in [0.5, 0.6) is 17.2 Å². The number of amides is 1. The normalized spacial score (nSPS) is 10.8. The number of methoxy groups -OCH3 is 2. The van der Waals surface area contributed by atoms with Crippen molar-refractivity contribution in [3.63, 3.8) is 0 Å². The van der Waals surface area contributed by atoms with Crippen LogP contribution < -0.4 is 14.8 Å². The Balaban J connectivity index is 2.35. The smallest absolute Gasteiger partial charge is 0.266 e. The van der Waals surface area contributed by atoms with Crippen LogP contribution in [-0.2, 0) is 4.79 Å². The molecule has 2 aromatic rings. The van der Waals surface area contributed by atoms with Gasteiger partial charge in [-0.05, 0) is 42.0 Å². The van der Waals surface area contributed by atoms with Crippen LogP contribution in [0.25, 0.3) is 6.08 Å². The minimum Gasteiger partial charge on any atom is -0.502 e. The molecule has 0 saturated carbocycles. The van der Waals surface area contributed by atoms with Crippen LogP contribution in [0, 0.1) is 11.3 Å². The number of aromatic hydroxyl groups is 1. The number of hydrogen-bond acceptors (Lipinski definition) is 5. The molecule has 0 unspecified atom stereocenters. The van der Waals surface area contributed by atoms with Gasteiger partial charge < -0.3 is 19.9 Å². The van der Waals surface area contributed by atoms with Gasteiger partial charge in [0.05, 0.1) is 14.2 Å². The van der Waals surface area contributed by atoms with E-state index in [1.807, 2.05) is 6.07 Å². The number of rotatable bonds is 5. The van der Waals surface area contributed by atoms with Crippen molar-refractivity contribution in [2.75, 3.05) is 19.5 Å². The molecule has 26 heavy (non-hydrogen) atoms. The van der Waals surface area contributed by atoms with E-state index < -0.39 is 5.91 Å². The van der Waals surface area contributed by atoms with Crippen molar-refractivity contribution in [3.05, 3.63) is 51.5 Å². The lowest BCUT2D eigenvalue weighted by molar-refractivity contribution is -0.112. The molecule has 0 heterocycles. The maximum Gasteiger partial charge on any atom is 0.266 e. The molecule has 0 saturated heterocycles. The molecule has 0 aliphatic carbocycles. The fourth-order valence-corrected chi connectivity index (χ4v) is 2.66. The Hall–Kier alpha value is -2.88. The van der Waals surface area contributed by atoms with E-state index in [9.17, 15) is 15.2 Å². The summed E-state index contributed by atoms with van der Waals surface area (Å²) in [6.07, 6.45) is 1.34. The Morgan fingerprint density at radius 2 is 1.65 bits per heavy atom. The van der Waals surface area contributed by atoms with Gasteiger partial charge in [-0.15, -0.1) is 0 Å². The summed E-state index contributed by atoms with van der Waals surface area (Å²) < 4.78 is 10.1. The zero-order valence-corrected chi connectivity index (χ0v) is 15.4. The lowest BCUT2D eigenvalue weighted by atomic mass is 10.1. The van der Waals surface area contributed by atoms with E-state index in [0.29, 0.717) is 21.3 Å². The van der Waals surface area contributed by atoms with Crippen LogP contribution >= 0.6 is 23.2 Å². The van der Waals surface area contributed by atoms with Crippen molar-refractivity contribution < 1.29 is 19.4 Å². The minimum atomic E-state index is -0.642. The summed E-state index contributed by atoms with van der Waals surface area (Å²) >= 11 is 11.8. The summed E-state index contributed by atoms with van der Waals surface area (Å²) in [5.41, 5.74) is 0.623. The Morgan fingerprint density at radius 1 is 1.12 bits per heavy atom. The van der Waals surface area contributed by atoms with Crippen LogP contribution in [0.2, 0.25) is 10.0 Å². The predicted octanol–water partition coefficient (Wildman–Crippen LogP) is 4.26. The van der Waals surface area contributed by atoms with E-state index in [4.69, 9.17) is 32.7 Å². The van der Waals surface area contributed by atoms with Crippen molar-refractivity contribution >= 4 is 40.9 Å². The third-order valence-electron chi connectivity index (χ3n) is 3.30. The van der Waals surface area contributed by atoms with Gasteiger partial charge in [0.1, 0.15) is 11.6 Å². The second-order valence-electron chi connectivity index (χ2n) is 5.06. The molecule has 1 amide bonds. The van der Waals surface area contributed by atoms with Gasteiger partial charge in [0.25, 0.3) is 5.91 Å².